The zero-order chi connectivity index (χ0) is 13.8. The minimum absolute atomic E-state index is 0.369. The van der Waals surface area contributed by atoms with Crippen LogP contribution in [0.1, 0.15) is 22.3 Å². The Kier molecular flexibility index (Phi) is 4.58. The van der Waals surface area contributed by atoms with Crippen molar-refractivity contribution in [1.29, 1.82) is 0 Å². The standard InChI is InChI=1S/C14H20N2O2S/c1-10-8-11(16-4-3-6-19-7-5-16)9-12(13(10)15)14(17)18-2/h8-9H,3-7,15H2,1-2H3. The van der Waals surface area contributed by atoms with Crippen LogP contribution in [0.5, 0.6) is 0 Å². The minimum atomic E-state index is -0.369. The molecule has 5 heteroatoms. The fraction of sp³-hybridized carbons (Fsp3) is 0.500. The second-order valence-electron chi connectivity index (χ2n) is 4.67. The van der Waals surface area contributed by atoms with Gasteiger partial charge in [-0.1, -0.05) is 0 Å². The van der Waals surface area contributed by atoms with Crippen LogP contribution in [-0.4, -0.2) is 37.7 Å². The normalized spacial score (nSPS) is 16.0. The van der Waals surface area contributed by atoms with E-state index in [9.17, 15) is 4.79 Å². The molecule has 0 spiro atoms. The van der Waals surface area contributed by atoms with E-state index in [1.165, 1.54) is 19.3 Å². The average Bonchev–Trinajstić information content (AvgIpc) is 2.69. The third kappa shape index (κ3) is 3.15. The highest BCUT2D eigenvalue weighted by Gasteiger charge is 2.17. The number of hydrogen-bond acceptors (Lipinski definition) is 5. The van der Waals surface area contributed by atoms with Gasteiger partial charge in [0.05, 0.1) is 12.7 Å². The second-order valence-corrected chi connectivity index (χ2v) is 5.89. The van der Waals surface area contributed by atoms with E-state index in [4.69, 9.17) is 10.5 Å². The molecule has 1 heterocycles. The molecule has 2 N–H and O–H groups in total. The molecule has 0 atom stereocenters. The van der Waals surface area contributed by atoms with E-state index in [0.717, 1.165) is 30.1 Å². The molecule has 0 unspecified atom stereocenters. The molecule has 4 nitrogen and oxygen atoms in total. The summed E-state index contributed by atoms with van der Waals surface area (Å²) in [6.07, 6.45) is 1.17. The Hall–Kier alpha value is -1.36. The molecule has 1 aliphatic heterocycles. The van der Waals surface area contributed by atoms with Gasteiger partial charge in [-0.3, -0.25) is 0 Å². The Bertz CT molecular complexity index is 469. The number of nitrogens with zero attached hydrogens (tertiary/aromatic N) is 1. The van der Waals surface area contributed by atoms with Crippen molar-refractivity contribution in [2.75, 3.05) is 42.3 Å². The number of esters is 1. The number of thioether (sulfide) groups is 1. The van der Waals surface area contributed by atoms with Crippen molar-refractivity contribution in [2.24, 2.45) is 0 Å². The highest BCUT2D eigenvalue weighted by molar-refractivity contribution is 7.99. The predicted octanol–water partition coefficient (Wildman–Crippen LogP) is 2.31. The molecular formula is C14H20N2O2S. The Morgan fingerprint density at radius 3 is 2.89 bits per heavy atom. The summed E-state index contributed by atoms with van der Waals surface area (Å²) in [7, 11) is 1.38. The molecule has 19 heavy (non-hydrogen) atoms. The second kappa shape index (κ2) is 6.19. The molecule has 0 radical (unpaired) electrons. The molecule has 0 amide bonds. The summed E-state index contributed by atoms with van der Waals surface area (Å²) in [5.41, 5.74) is 8.94. The first-order valence-electron chi connectivity index (χ1n) is 6.44. The molecular weight excluding hydrogens is 260 g/mol. The molecule has 0 bridgehead atoms. The lowest BCUT2D eigenvalue weighted by Crippen LogP contribution is -2.26. The largest absolute Gasteiger partial charge is 0.465 e. The predicted molar refractivity (Wildman–Crippen MR) is 81.1 cm³/mol. The number of carbonyl (C=O) groups is 1. The van der Waals surface area contributed by atoms with Crippen molar-refractivity contribution in [3.05, 3.63) is 23.3 Å². The first kappa shape index (κ1) is 14.1. The number of hydrogen-bond donors (Lipinski definition) is 1. The molecule has 1 aromatic carbocycles. The molecule has 1 aliphatic rings. The van der Waals surface area contributed by atoms with Crippen LogP contribution in [0.4, 0.5) is 11.4 Å². The molecule has 2 rings (SSSR count). The minimum Gasteiger partial charge on any atom is -0.465 e. The quantitative estimate of drug-likeness (QED) is 0.665. The van der Waals surface area contributed by atoms with E-state index in [0.29, 0.717) is 11.3 Å². The van der Waals surface area contributed by atoms with E-state index in [1.54, 1.807) is 0 Å². The molecule has 1 aromatic rings. The lowest BCUT2D eigenvalue weighted by Gasteiger charge is -2.24. The van der Waals surface area contributed by atoms with Gasteiger partial charge in [0.2, 0.25) is 0 Å². The van der Waals surface area contributed by atoms with Gasteiger partial charge in [-0.2, -0.15) is 11.8 Å². The van der Waals surface area contributed by atoms with Crippen LogP contribution in [-0.2, 0) is 4.74 Å². The van der Waals surface area contributed by atoms with Gasteiger partial charge < -0.3 is 15.4 Å². The maximum absolute atomic E-state index is 11.8. The lowest BCUT2D eigenvalue weighted by atomic mass is 10.1. The molecule has 0 aromatic heterocycles. The van der Waals surface area contributed by atoms with E-state index >= 15 is 0 Å². The van der Waals surface area contributed by atoms with Gasteiger partial charge in [-0.15, -0.1) is 0 Å². The van der Waals surface area contributed by atoms with Crippen LogP contribution < -0.4 is 10.6 Å². The third-order valence-electron chi connectivity index (χ3n) is 3.36. The summed E-state index contributed by atoms with van der Waals surface area (Å²) < 4.78 is 4.80. The Labute approximate surface area is 118 Å². The van der Waals surface area contributed by atoms with Crippen molar-refractivity contribution in [2.45, 2.75) is 13.3 Å². The van der Waals surface area contributed by atoms with Crippen LogP contribution in [0.15, 0.2) is 12.1 Å². The number of nitrogen functional groups attached to an aromatic ring is 1. The Balaban J connectivity index is 2.35. The summed E-state index contributed by atoms with van der Waals surface area (Å²) in [4.78, 5) is 14.1. The van der Waals surface area contributed by atoms with Gasteiger partial charge in [0.25, 0.3) is 0 Å². The van der Waals surface area contributed by atoms with Crippen LogP contribution >= 0.6 is 11.8 Å². The van der Waals surface area contributed by atoms with E-state index in [2.05, 4.69) is 11.0 Å². The van der Waals surface area contributed by atoms with Gasteiger partial charge >= 0.3 is 5.97 Å². The van der Waals surface area contributed by atoms with E-state index < -0.39 is 0 Å². The molecule has 104 valence electrons. The number of benzene rings is 1. The number of methoxy groups -OCH3 is 1. The van der Waals surface area contributed by atoms with Crippen molar-refractivity contribution < 1.29 is 9.53 Å². The molecule has 0 saturated carbocycles. The summed E-state index contributed by atoms with van der Waals surface area (Å²) in [6.45, 7) is 3.96. The van der Waals surface area contributed by atoms with Crippen molar-refractivity contribution in [3.8, 4) is 0 Å². The highest BCUT2D eigenvalue weighted by Crippen LogP contribution is 2.27. The number of nitrogens with two attached hydrogens (primary N) is 1. The van der Waals surface area contributed by atoms with Gasteiger partial charge in [0, 0.05) is 30.2 Å². The highest BCUT2D eigenvalue weighted by atomic mass is 32.2. The number of ether oxygens (including phenoxy) is 1. The summed E-state index contributed by atoms with van der Waals surface area (Å²) in [5, 5.41) is 0. The Morgan fingerprint density at radius 1 is 1.37 bits per heavy atom. The SMILES string of the molecule is COC(=O)c1cc(N2CCCSCC2)cc(C)c1N. The number of anilines is 2. The first-order valence-corrected chi connectivity index (χ1v) is 7.60. The monoisotopic (exact) mass is 280 g/mol. The zero-order valence-electron chi connectivity index (χ0n) is 11.4. The zero-order valence-corrected chi connectivity index (χ0v) is 12.3. The van der Waals surface area contributed by atoms with Crippen molar-refractivity contribution in [3.63, 3.8) is 0 Å². The molecule has 0 aliphatic carbocycles. The van der Waals surface area contributed by atoms with Crippen molar-refractivity contribution >= 4 is 29.1 Å². The number of carbonyl (C=O) groups excluding carboxylic acids is 1. The number of aryl methyl sites for hydroxylation is 1. The summed E-state index contributed by atoms with van der Waals surface area (Å²) >= 11 is 1.98. The van der Waals surface area contributed by atoms with Crippen LogP contribution in [0.25, 0.3) is 0 Å². The maximum Gasteiger partial charge on any atom is 0.340 e. The van der Waals surface area contributed by atoms with Crippen LogP contribution in [0.2, 0.25) is 0 Å². The van der Waals surface area contributed by atoms with Gasteiger partial charge in [-0.25, -0.2) is 4.79 Å². The smallest absolute Gasteiger partial charge is 0.340 e. The number of rotatable bonds is 2. The van der Waals surface area contributed by atoms with Gasteiger partial charge in [0.15, 0.2) is 0 Å². The van der Waals surface area contributed by atoms with Gasteiger partial charge in [-0.05, 0) is 36.8 Å². The summed E-state index contributed by atoms with van der Waals surface area (Å²) in [6, 6.07) is 3.90. The molecule has 1 fully saturated rings. The topological polar surface area (TPSA) is 55.6 Å². The Morgan fingerprint density at radius 2 is 2.16 bits per heavy atom. The van der Waals surface area contributed by atoms with Crippen molar-refractivity contribution in [1.82, 2.24) is 0 Å². The first-order chi connectivity index (χ1) is 9.13. The van der Waals surface area contributed by atoms with Crippen LogP contribution in [0.3, 0.4) is 0 Å². The molecule has 1 saturated heterocycles. The summed E-state index contributed by atoms with van der Waals surface area (Å²) in [5.74, 6) is 1.96. The average molecular weight is 280 g/mol. The van der Waals surface area contributed by atoms with E-state index in [-0.39, 0.29) is 5.97 Å². The lowest BCUT2D eigenvalue weighted by molar-refractivity contribution is 0.0602. The fourth-order valence-corrected chi connectivity index (χ4v) is 3.13. The van der Waals surface area contributed by atoms with Gasteiger partial charge in [0.1, 0.15) is 0 Å². The fourth-order valence-electron chi connectivity index (χ4n) is 2.24. The van der Waals surface area contributed by atoms with Crippen LogP contribution in [0, 0.1) is 6.92 Å². The third-order valence-corrected chi connectivity index (χ3v) is 4.41. The maximum atomic E-state index is 11.8. The van der Waals surface area contributed by atoms with E-state index in [1.807, 2.05) is 24.8 Å².